The molecule has 1 N–H and O–H groups in total. The maximum Gasteiger partial charge on any atom is 0.238 e. The van der Waals surface area contributed by atoms with Gasteiger partial charge in [0.05, 0.1) is 5.75 Å². The molecular formula is C21H24N2O2S. The second kappa shape index (κ2) is 7.96. The van der Waals surface area contributed by atoms with Crippen molar-refractivity contribution in [3.05, 3.63) is 59.7 Å². The van der Waals surface area contributed by atoms with Crippen LogP contribution in [-0.4, -0.2) is 17.6 Å². The molecule has 1 saturated heterocycles. The van der Waals surface area contributed by atoms with Crippen LogP contribution < -0.4 is 10.2 Å². The lowest BCUT2D eigenvalue weighted by molar-refractivity contribution is -0.117. The number of rotatable bonds is 5. The lowest BCUT2D eigenvalue weighted by Gasteiger charge is -2.25. The van der Waals surface area contributed by atoms with Crippen molar-refractivity contribution in [2.45, 2.75) is 32.6 Å². The van der Waals surface area contributed by atoms with E-state index in [9.17, 15) is 9.59 Å². The van der Waals surface area contributed by atoms with E-state index < -0.39 is 0 Å². The molecule has 1 unspecified atom stereocenters. The molecule has 1 atom stereocenters. The summed E-state index contributed by atoms with van der Waals surface area (Å²) in [6, 6.07) is 15.8. The van der Waals surface area contributed by atoms with E-state index >= 15 is 0 Å². The predicted octanol–water partition coefficient (Wildman–Crippen LogP) is 4.76. The first kappa shape index (κ1) is 18.5. The van der Waals surface area contributed by atoms with Crippen molar-refractivity contribution in [1.82, 2.24) is 0 Å². The summed E-state index contributed by atoms with van der Waals surface area (Å²) >= 11 is 1.63. The minimum absolute atomic E-state index is 0.0274. The van der Waals surface area contributed by atoms with Crippen molar-refractivity contribution in [2.75, 3.05) is 16.0 Å². The molecule has 1 fully saturated rings. The molecule has 2 aromatic carbocycles. The molecule has 0 radical (unpaired) electrons. The summed E-state index contributed by atoms with van der Waals surface area (Å²) in [6.45, 7) is 6.08. The Morgan fingerprint density at radius 2 is 1.96 bits per heavy atom. The number of nitrogens with one attached hydrogen (secondary N) is 1. The summed E-state index contributed by atoms with van der Waals surface area (Å²) in [4.78, 5) is 26.2. The van der Waals surface area contributed by atoms with Gasteiger partial charge in [0.15, 0.2) is 0 Å². The largest absolute Gasteiger partial charge is 0.326 e. The number of hydrogen-bond donors (Lipinski definition) is 1. The molecule has 0 aliphatic carbocycles. The van der Waals surface area contributed by atoms with E-state index in [2.05, 4.69) is 5.32 Å². The zero-order chi connectivity index (χ0) is 18.7. The van der Waals surface area contributed by atoms with Gasteiger partial charge >= 0.3 is 0 Å². The Balaban J connectivity index is 1.77. The molecule has 2 amide bonds. The van der Waals surface area contributed by atoms with Crippen molar-refractivity contribution in [1.29, 1.82) is 0 Å². The molecule has 3 rings (SSSR count). The van der Waals surface area contributed by atoms with Gasteiger partial charge < -0.3 is 5.32 Å². The van der Waals surface area contributed by atoms with E-state index in [1.54, 1.807) is 11.8 Å². The summed E-state index contributed by atoms with van der Waals surface area (Å²) in [5.41, 5.74) is 3.91. The number of carbonyl (C=O) groups excluding carboxylic acids is 2. The van der Waals surface area contributed by atoms with Gasteiger partial charge in [0.2, 0.25) is 11.8 Å². The van der Waals surface area contributed by atoms with Crippen LogP contribution in [0.1, 0.15) is 36.8 Å². The Hall–Kier alpha value is -2.27. The fraction of sp³-hybridized carbons (Fsp3) is 0.333. The summed E-state index contributed by atoms with van der Waals surface area (Å²) in [5.74, 6) is 0.961. The lowest BCUT2D eigenvalue weighted by atomic mass is 10.1. The molecule has 0 saturated carbocycles. The summed E-state index contributed by atoms with van der Waals surface area (Å²) < 4.78 is 0. The molecule has 1 heterocycles. The molecule has 1 aliphatic heterocycles. The van der Waals surface area contributed by atoms with Gasteiger partial charge in [-0.15, -0.1) is 11.8 Å². The van der Waals surface area contributed by atoms with Crippen molar-refractivity contribution in [3.8, 4) is 0 Å². The van der Waals surface area contributed by atoms with Crippen LogP contribution in [0.25, 0.3) is 0 Å². The molecular weight excluding hydrogens is 344 g/mol. The molecule has 0 bridgehead atoms. The molecule has 0 aromatic heterocycles. The number of amides is 2. The highest BCUT2D eigenvalue weighted by Gasteiger charge is 2.34. The Morgan fingerprint density at radius 3 is 2.62 bits per heavy atom. The normalized spacial score (nSPS) is 17.0. The van der Waals surface area contributed by atoms with Crippen LogP contribution in [0.5, 0.6) is 0 Å². The Labute approximate surface area is 159 Å². The molecule has 2 aromatic rings. The maximum absolute atomic E-state index is 12.4. The number of thioether (sulfide) groups is 1. The van der Waals surface area contributed by atoms with Crippen LogP contribution in [0.15, 0.2) is 48.5 Å². The lowest BCUT2D eigenvalue weighted by Crippen LogP contribution is -2.27. The minimum Gasteiger partial charge on any atom is -0.326 e. The number of anilines is 2. The van der Waals surface area contributed by atoms with Crippen molar-refractivity contribution in [2.24, 2.45) is 5.92 Å². The first-order valence-electron chi connectivity index (χ1n) is 8.84. The summed E-state index contributed by atoms with van der Waals surface area (Å²) in [7, 11) is 0. The predicted molar refractivity (Wildman–Crippen MR) is 108 cm³/mol. The van der Waals surface area contributed by atoms with Gasteiger partial charge in [-0.05, 0) is 48.2 Å². The van der Waals surface area contributed by atoms with Crippen LogP contribution in [0.3, 0.4) is 0 Å². The maximum atomic E-state index is 12.4. The molecule has 136 valence electrons. The zero-order valence-corrected chi connectivity index (χ0v) is 16.2. The number of hydrogen-bond acceptors (Lipinski definition) is 3. The van der Waals surface area contributed by atoms with E-state index in [4.69, 9.17) is 0 Å². The van der Waals surface area contributed by atoms with Crippen molar-refractivity contribution < 1.29 is 9.59 Å². The average Bonchev–Trinajstić information content (AvgIpc) is 2.96. The second-order valence-corrected chi connectivity index (χ2v) is 8.10. The van der Waals surface area contributed by atoms with Crippen molar-refractivity contribution in [3.63, 3.8) is 0 Å². The average molecular weight is 369 g/mol. The van der Waals surface area contributed by atoms with Crippen LogP contribution >= 0.6 is 11.8 Å². The first-order chi connectivity index (χ1) is 12.4. The molecule has 26 heavy (non-hydrogen) atoms. The van der Waals surface area contributed by atoms with E-state index in [1.807, 2.05) is 74.2 Å². The highest BCUT2D eigenvalue weighted by atomic mass is 32.2. The van der Waals surface area contributed by atoms with Gasteiger partial charge in [-0.3, -0.25) is 14.5 Å². The van der Waals surface area contributed by atoms with Gasteiger partial charge in [0.1, 0.15) is 5.37 Å². The minimum atomic E-state index is -0.0373. The van der Waals surface area contributed by atoms with E-state index in [0.29, 0.717) is 18.1 Å². The van der Waals surface area contributed by atoms with Crippen LogP contribution in [-0.2, 0) is 9.59 Å². The monoisotopic (exact) mass is 368 g/mol. The zero-order valence-electron chi connectivity index (χ0n) is 15.4. The molecule has 0 spiro atoms. The summed E-state index contributed by atoms with van der Waals surface area (Å²) in [5, 5.41) is 2.89. The van der Waals surface area contributed by atoms with Gasteiger partial charge in [-0.25, -0.2) is 0 Å². The van der Waals surface area contributed by atoms with Crippen LogP contribution in [0, 0.1) is 12.8 Å². The van der Waals surface area contributed by atoms with Gasteiger partial charge in [0, 0.05) is 17.8 Å². The van der Waals surface area contributed by atoms with Crippen molar-refractivity contribution >= 4 is 35.0 Å². The SMILES string of the molecule is Cc1cccc(N2C(=O)CSC2c2ccc(NC(=O)CC(C)C)cc2)c1. The van der Waals surface area contributed by atoms with Crippen LogP contribution in [0.2, 0.25) is 0 Å². The fourth-order valence-corrected chi connectivity index (χ4v) is 4.22. The second-order valence-electron chi connectivity index (χ2n) is 7.03. The van der Waals surface area contributed by atoms with Gasteiger partial charge in [-0.2, -0.15) is 0 Å². The Bertz CT molecular complexity index is 802. The quantitative estimate of drug-likeness (QED) is 0.828. The number of carbonyl (C=O) groups is 2. The highest BCUT2D eigenvalue weighted by molar-refractivity contribution is 8.00. The number of aryl methyl sites for hydroxylation is 1. The summed E-state index contributed by atoms with van der Waals surface area (Å²) in [6.07, 6.45) is 0.510. The third-order valence-corrected chi connectivity index (χ3v) is 5.43. The topological polar surface area (TPSA) is 49.4 Å². The highest BCUT2D eigenvalue weighted by Crippen LogP contribution is 2.42. The Kier molecular flexibility index (Phi) is 5.67. The van der Waals surface area contributed by atoms with E-state index in [-0.39, 0.29) is 17.2 Å². The first-order valence-corrected chi connectivity index (χ1v) is 9.89. The van der Waals surface area contributed by atoms with Gasteiger partial charge in [0.25, 0.3) is 0 Å². The van der Waals surface area contributed by atoms with Gasteiger partial charge in [-0.1, -0.05) is 38.1 Å². The number of nitrogens with zero attached hydrogens (tertiary/aromatic N) is 1. The smallest absolute Gasteiger partial charge is 0.238 e. The fourth-order valence-electron chi connectivity index (χ4n) is 3.04. The third-order valence-electron chi connectivity index (χ3n) is 4.22. The van der Waals surface area contributed by atoms with E-state index in [1.165, 1.54) is 0 Å². The standard InChI is InChI=1S/C21H24N2O2S/c1-14(2)11-19(24)22-17-9-7-16(8-10-17)21-23(20(25)13-26-21)18-6-4-5-15(3)12-18/h4-10,12,14,21H,11,13H2,1-3H3,(H,22,24). The Morgan fingerprint density at radius 1 is 1.23 bits per heavy atom. The molecule has 1 aliphatic rings. The number of benzene rings is 2. The molecule has 4 nitrogen and oxygen atoms in total. The van der Waals surface area contributed by atoms with E-state index in [0.717, 1.165) is 22.5 Å². The molecule has 5 heteroatoms. The van der Waals surface area contributed by atoms with Crippen LogP contribution in [0.4, 0.5) is 11.4 Å². The third kappa shape index (κ3) is 4.28.